The molecule has 1 saturated heterocycles. The van der Waals surface area contributed by atoms with Gasteiger partial charge in [-0.25, -0.2) is 9.90 Å². The Balaban J connectivity index is 2.07. The molecule has 0 unspecified atom stereocenters. The first-order valence-electron chi connectivity index (χ1n) is 4.45. The maximum atomic E-state index is 11.7. The Bertz CT molecular complexity index is 306. The van der Waals surface area contributed by atoms with Gasteiger partial charge in [0.2, 0.25) is 0 Å². The van der Waals surface area contributed by atoms with Gasteiger partial charge in [0, 0.05) is 5.56 Å². The molecule has 2 rings (SSSR count). The van der Waals surface area contributed by atoms with Gasteiger partial charge in [0.15, 0.2) is 6.79 Å². The molecule has 0 aromatic heterocycles. The van der Waals surface area contributed by atoms with Crippen molar-refractivity contribution in [3.8, 4) is 0 Å². The van der Waals surface area contributed by atoms with Crippen LogP contribution in [0.2, 0.25) is 0 Å². The van der Waals surface area contributed by atoms with E-state index in [1.54, 1.807) is 12.1 Å². The molecule has 0 spiro atoms. The number of amides is 1. The van der Waals surface area contributed by atoms with Crippen molar-refractivity contribution >= 4 is 5.91 Å². The summed E-state index contributed by atoms with van der Waals surface area (Å²) in [5, 5.41) is 1.33. The molecule has 1 aromatic carbocycles. The summed E-state index contributed by atoms with van der Waals surface area (Å²) >= 11 is 0. The van der Waals surface area contributed by atoms with Crippen molar-refractivity contribution in [3.05, 3.63) is 35.9 Å². The number of ether oxygens (including phenoxy) is 1. The van der Waals surface area contributed by atoms with Crippen molar-refractivity contribution in [1.29, 1.82) is 0 Å². The predicted molar refractivity (Wildman–Crippen MR) is 49.4 cm³/mol. The molecule has 0 N–H and O–H groups in total. The Morgan fingerprint density at radius 2 is 2.07 bits per heavy atom. The zero-order chi connectivity index (χ0) is 9.80. The van der Waals surface area contributed by atoms with E-state index in [0.29, 0.717) is 18.7 Å². The lowest BCUT2D eigenvalue weighted by atomic mass is 10.2. The topological polar surface area (TPSA) is 38.8 Å². The first-order valence-corrected chi connectivity index (χ1v) is 4.45. The van der Waals surface area contributed by atoms with Gasteiger partial charge >= 0.3 is 0 Å². The van der Waals surface area contributed by atoms with Crippen LogP contribution in [0.25, 0.3) is 0 Å². The van der Waals surface area contributed by atoms with Crippen molar-refractivity contribution in [3.63, 3.8) is 0 Å². The summed E-state index contributed by atoms with van der Waals surface area (Å²) in [7, 11) is 0. The Kier molecular flexibility index (Phi) is 2.76. The molecule has 0 atom stereocenters. The van der Waals surface area contributed by atoms with E-state index < -0.39 is 0 Å². The fourth-order valence-electron chi connectivity index (χ4n) is 1.26. The monoisotopic (exact) mass is 193 g/mol. The first kappa shape index (κ1) is 9.18. The molecule has 0 saturated carbocycles. The minimum atomic E-state index is -0.117. The van der Waals surface area contributed by atoms with E-state index in [1.165, 1.54) is 5.06 Å². The van der Waals surface area contributed by atoms with E-state index in [2.05, 4.69) is 0 Å². The van der Waals surface area contributed by atoms with Crippen LogP contribution in [-0.2, 0) is 9.57 Å². The summed E-state index contributed by atoms with van der Waals surface area (Å²) in [5.41, 5.74) is 0.634. The number of hydrogen-bond acceptors (Lipinski definition) is 3. The number of carbonyl (C=O) groups excluding carboxylic acids is 1. The van der Waals surface area contributed by atoms with Crippen LogP contribution in [-0.4, -0.2) is 30.9 Å². The van der Waals surface area contributed by atoms with Crippen LogP contribution in [0.15, 0.2) is 30.3 Å². The quantitative estimate of drug-likeness (QED) is 0.669. The molecular formula is C10H11NO3. The number of hydroxylamine groups is 2. The largest absolute Gasteiger partial charge is 0.351 e. The fraction of sp³-hybridized carbons (Fsp3) is 0.300. The number of carbonyl (C=O) groups is 1. The maximum Gasteiger partial charge on any atom is 0.277 e. The zero-order valence-corrected chi connectivity index (χ0v) is 7.68. The Morgan fingerprint density at radius 1 is 1.29 bits per heavy atom. The lowest BCUT2D eigenvalue weighted by Gasteiger charge is -2.25. The zero-order valence-electron chi connectivity index (χ0n) is 7.68. The van der Waals surface area contributed by atoms with Crippen LogP contribution >= 0.6 is 0 Å². The van der Waals surface area contributed by atoms with Gasteiger partial charge < -0.3 is 4.74 Å². The molecule has 0 radical (unpaired) electrons. The number of benzene rings is 1. The molecule has 1 aromatic rings. The number of rotatable bonds is 1. The van der Waals surface area contributed by atoms with Crippen LogP contribution in [0.3, 0.4) is 0 Å². The molecule has 14 heavy (non-hydrogen) atoms. The van der Waals surface area contributed by atoms with E-state index in [1.807, 2.05) is 18.2 Å². The van der Waals surface area contributed by atoms with Gasteiger partial charge in [-0.1, -0.05) is 18.2 Å². The highest BCUT2D eigenvalue weighted by molar-refractivity contribution is 5.93. The Morgan fingerprint density at radius 3 is 2.71 bits per heavy atom. The molecule has 0 bridgehead atoms. The molecule has 74 valence electrons. The van der Waals surface area contributed by atoms with Crippen LogP contribution in [0.4, 0.5) is 0 Å². The van der Waals surface area contributed by atoms with Gasteiger partial charge in [0.25, 0.3) is 5.91 Å². The first-order chi connectivity index (χ1) is 6.88. The third-order valence-electron chi connectivity index (χ3n) is 1.98. The number of nitrogens with zero attached hydrogens (tertiary/aromatic N) is 1. The molecule has 4 nitrogen and oxygen atoms in total. The smallest absolute Gasteiger partial charge is 0.277 e. The fourth-order valence-corrected chi connectivity index (χ4v) is 1.26. The average Bonchev–Trinajstić information content (AvgIpc) is 2.30. The van der Waals surface area contributed by atoms with Crippen LogP contribution < -0.4 is 0 Å². The highest BCUT2D eigenvalue weighted by Crippen LogP contribution is 2.07. The minimum absolute atomic E-state index is 0.117. The Hall–Kier alpha value is -1.39. The minimum Gasteiger partial charge on any atom is -0.351 e. The summed E-state index contributed by atoms with van der Waals surface area (Å²) in [6, 6.07) is 9.06. The van der Waals surface area contributed by atoms with E-state index in [-0.39, 0.29) is 12.7 Å². The lowest BCUT2D eigenvalue weighted by Crippen LogP contribution is -2.38. The van der Waals surface area contributed by atoms with Gasteiger partial charge in [0.05, 0.1) is 13.2 Å². The maximum absolute atomic E-state index is 11.7. The summed E-state index contributed by atoms with van der Waals surface area (Å²) in [4.78, 5) is 16.8. The van der Waals surface area contributed by atoms with E-state index >= 15 is 0 Å². The van der Waals surface area contributed by atoms with Crippen molar-refractivity contribution in [2.45, 2.75) is 0 Å². The lowest BCUT2D eigenvalue weighted by molar-refractivity contribution is -0.237. The standard InChI is InChI=1S/C10H11NO3/c12-10(9-4-2-1-3-5-9)11-6-7-13-8-14-11/h1-5H,6-8H2. The summed E-state index contributed by atoms with van der Waals surface area (Å²) in [5.74, 6) is -0.117. The summed E-state index contributed by atoms with van der Waals surface area (Å²) < 4.78 is 4.97. The van der Waals surface area contributed by atoms with Crippen molar-refractivity contribution < 1.29 is 14.4 Å². The van der Waals surface area contributed by atoms with Crippen molar-refractivity contribution in [2.24, 2.45) is 0 Å². The van der Waals surface area contributed by atoms with E-state index in [4.69, 9.17) is 9.57 Å². The molecular weight excluding hydrogens is 182 g/mol. The second kappa shape index (κ2) is 4.21. The summed E-state index contributed by atoms with van der Waals surface area (Å²) in [6.45, 7) is 1.16. The van der Waals surface area contributed by atoms with Crippen molar-refractivity contribution in [1.82, 2.24) is 5.06 Å². The van der Waals surface area contributed by atoms with Gasteiger partial charge in [0.1, 0.15) is 0 Å². The van der Waals surface area contributed by atoms with E-state index in [0.717, 1.165) is 0 Å². The predicted octanol–water partition coefficient (Wildman–Crippen LogP) is 1.05. The van der Waals surface area contributed by atoms with Gasteiger partial charge in [-0.2, -0.15) is 0 Å². The van der Waals surface area contributed by atoms with Crippen molar-refractivity contribution in [2.75, 3.05) is 19.9 Å². The normalized spacial score (nSPS) is 16.7. The second-order valence-electron chi connectivity index (χ2n) is 2.93. The van der Waals surface area contributed by atoms with E-state index in [9.17, 15) is 4.79 Å². The van der Waals surface area contributed by atoms with Gasteiger partial charge in [-0.3, -0.25) is 4.79 Å². The second-order valence-corrected chi connectivity index (χ2v) is 2.93. The average molecular weight is 193 g/mol. The highest BCUT2D eigenvalue weighted by atomic mass is 16.8. The number of hydrogen-bond donors (Lipinski definition) is 0. The molecule has 1 aliphatic heterocycles. The van der Waals surface area contributed by atoms with Gasteiger partial charge in [-0.15, -0.1) is 0 Å². The molecule has 4 heteroatoms. The molecule has 1 heterocycles. The molecule has 0 aliphatic carbocycles. The third kappa shape index (κ3) is 1.92. The molecule has 1 fully saturated rings. The van der Waals surface area contributed by atoms with Gasteiger partial charge in [-0.05, 0) is 12.1 Å². The van der Waals surface area contributed by atoms with Crippen LogP contribution in [0, 0.1) is 0 Å². The SMILES string of the molecule is O=C(c1ccccc1)N1CCOCO1. The molecule has 1 amide bonds. The Labute approximate surface area is 82.0 Å². The highest BCUT2D eigenvalue weighted by Gasteiger charge is 2.18. The third-order valence-corrected chi connectivity index (χ3v) is 1.98. The van der Waals surface area contributed by atoms with Crippen LogP contribution in [0.5, 0.6) is 0 Å². The van der Waals surface area contributed by atoms with Crippen LogP contribution in [0.1, 0.15) is 10.4 Å². The summed E-state index contributed by atoms with van der Waals surface area (Å²) in [6.07, 6.45) is 0. The molecule has 1 aliphatic rings.